The molecule has 2 aromatic rings. The average Bonchev–Trinajstić information content (AvgIpc) is 2.70. The van der Waals surface area contributed by atoms with Gasteiger partial charge in [-0.1, -0.05) is 0 Å². The summed E-state index contributed by atoms with van der Waals surface area (Å²) in [5.74, 6) is 0.240. The van der Waals surface area contributed by atoms with Gasteiger partial charge in [0.25, 0.3) is 5.91 Å². The van der Waals surface area contributed by atoms with E-state index < -0.39 is 0 Å². The molecule has 2 rings (SSSR count). The molecular weight excluding hydrogens is 246 g/mol. The quantitative estimate of drug-likeness (QED) is 0.890. The summed E-state index contributed by atoms with van der Waals surface area (Å²) in [7, 11) is 0. The van der Waals surface area contributed by atoms with Crippen LogP contribution in [-0.4, -0.2) is 10.9 Å². The van der Waals surface area contributed by atoms with Crippen LogP contribution in [0.25, 0.3) is 0 Å². The molecule has 0 spiro atoms. The fourth-order valence-corrected chi connectivity index (χ4v) is 2.53. The van der Waals surface area contributed by atoms with Crippen molar-refractivity contribution in [2.75, 3.05) is 5.73 Å². The Kier molecular flexibility index (Phi) is 3.62. The van der Waals surface area contributed by atoms with E-state index in [0.29, 0.717) is 17.9 Å². The van der Waals surface area contributed by atoms with Crippen LogP contribution in [0.3, 0.4) is 0 Å². The minimum atomic E-state index is -0.127. The number of nitrogens with two attached hydrogens (primary N) is 1. The van der Waals surface area contributed by atoms with Crippen molar-refractivity contribution in [2.45, 2.75) is 20.4 Å². The fourth-order valence-electron chi connectivity index (χ4n) is 1.67. The number of nitrogen functional groups attached to an aromatic ring is 1. The molecule has 2 aromatic heterocycles. The van der Waals surface area contributed by atoms with E-state index in [4.69, 9.17) is 5.73 Å². The lowest BCUT2D eigenvalue weighted by molar-refractivity contribution is 0.0950. The van der Waals surface area contributed by atoms with E-state index >= 15 is 0 Å². The summed E-state index contributed by atoms with van der Waals surface area (Å²) in [6.45, 7) is 4.39. The van der Waals surface area contributed by atoms with Crippen molar-refractivity contribution in [3.8, 4) is 0 Å². The molecular formula is C13H15N3OS. The number of pyridine rings is 1. The zero-order valence-corrected chi connectivity index (χ0v) is 11.2. The second-order valence-electron chi connectivity index (χ2n) is 4.18. The highest BCUT2D eigenvalue weighted by Gasteiger charge is 2.08. The fraction of sp³-hybridized carbons (Fsp3) is 0.231. The molecule has 5 heteroatoms. The third-order valence-electron chi connectivity index (χ3n) is 2.64. The number of hydrogen-bond acceptors (Lipinski definition) is 4. The second kappa shape index (κ2) is 5.18. The average molecular weight is 261 g/mol. The van der Waals surface area contributed by atoms with Crippen LogP contribution in [-0.2, 0) is 6.54 Å². The second-order valence-corrected chi connectivity index (χ2v) is 4.93. The number of amides is 1. The zero-order chi connectivity index (χ0) is 13.1. The monoisotopic (exact) mass is 261 g/mol. The van der Waals surface area contributed by atoms with Crippen LogP contribution >= 0.6 is 11.3 Å². The van der Waals surface area contributed by atoms with Gasteiger partial charge in [0.1, 0.15) is 5.82 Å². The Labute approximate surface area is 110 Å². The molecule has 18 heavy (non-hydrogen) atoms. The molecule has 0 unspecified atom stereocenters. The van der Waals surface area contributed by atoms with Crippen LogP contribution in [0.1, 0.15) is 27.2 Å². The van der Waals surface area contributed by atoms with Gasteiger partial charge in [-0.2, -0.15) is 11.3 Å². The van der Waals surface area contributed by atoms with Crippen LogP contribution in [0.2, 0.25) is 0 Å². The predicted molar refractivity (Wildman–Crippen MR) is 73.6 cm³/mol. The molecule has 0 saturated carbocycles. The van der Waals surface area contributed by atoms with Crippen LogP contribution in [0.4, 0.5) is 5.82 Å². The molecule has 4 nitrogen and oxygen atoms in total. The number of anilines is 1. The minimum absolute atomic E-state index is 0.127. The van der Waals surface area contributed by atoms with Gasteiger partial charge in [0, 0.05) is 17.8 Å². The summed E-state index contributed by atoms with van der Waals surface area (Å²) in [6.07, 6.45) is 0. The predicted octanol–water partition coefficient (Wildman–Crippen LogP) is 2.27. The standard InChI is InChI=1S/C13H15N3OS/c1-8-6-18-7-11(8)5-15-13(17)10-3-9(2)16-12(14)4-10/h3-4,6-7H,5H2,1-2H3,(H2,14,16)(H,15,17). The molecule has 0 atom stereocenters. The van der Waals surface area contributed by atoms with Gasteiger partial charge in [-0.25, -0.2) is 4.98 Å². The number of thiophene rings is 1. The van der Waals surface area contributed by atoms with Gasteiger partial charge in [-0.3, -0.25) is 4.79 Å². The Morgan fingerprint density at radius 2 is 2.17 bits per heavy atom. The highest BCUT2D eigenvalue weighted by atomic mass is 32.1. The number of carbonyl (C=O) groups is 1. The first-order valence-corrected chi connectivity index (χ1v) is 6.54. The molecule has 0 saturated heterocycles. The lowest BCUT2D eigenvalue weighted by atomic mass is 10.2. The van der Waals surface area contributed by atoms with E-state index in [-0.39, 0.29) is 5.91 Å². The topological polar surface area (TPSA) is 68.0 Å². The third kappa shape index (κ3) is 2.87. The van der Waals surface area contributed by atoms with E-state index in [2.05, 4.69) is 15.7 Å². The maximum absolute atomic E-state index is 12.0. The molecule has 0 bridgehead atoms. The first-order chi connectivity index (χ1) is 8.56. The van der Waals surface area contributed by atoms with Gasteiger partial charge < -0.3 is 11.1 Å². The number of hydrogen-bond donors (Lipinski definition) is 2. The van der Waals surface area contributed by atoms with Gasteiger partial charge >= 0.3 is 0 Å². The molecule has 3 N–H and O–H groups in total. The normalized spacial score (nSPS) is 10.3. The van der Waals surface area contributed by atoms with Crippen LogP contribution in [0.5, 0.6) is 0 Å². The zero-order valence-electron chi connectivity index (χ0n) is 10.4. The van der Waals surface area contributed by atoms with Crippen LogP contribution in [0.15, 0.2) is 22.9 Å². The number of rotatable bonds is 3. The van der Waals surface area contributed by atoms with E-state index in [1.807, 2.05) is 19.2 Å². The summed E-state index contributed by atoms with van der Waals surface area (Å²) in [5, 5.41) is 6.99. The molecule has 2 heterocycles. The van der Waals surface area contributed by atoms with E-state index in [0.717, 1.165) is 11.3 Å². The smallest absolute Gasteiger partial charge is 0.251 e. The van der Waals surface area contributed by atoms with Crippen molar-refractivity contribution >= 4 is 23.1 Å². The van der Waals surface area contributed by atoms with Crippen molar-refractivity contribution in [3.05, 3.63) is 45.3 Å². The number of aromatic nitrogens is 1. The molecule has 0 aliphatic carbocycles. The minimum Gasteiger partial charge on any atom is -0.384 e. The maximum atomic E-state index is 12.0. The van der Waals surface area contributed by atoms with Crippen molar-refractivity contribution < 1.29 is 4.79 Å². The maximum Gasteiger partial charge on any atom is 0.251 e. The Hall–Kier alpha value is -1.88. The van der Waals surface area contributed by atoms with E-state index in [1.165, 1.54) is 5.56 Å². The Morgan fingerprint density at radius 1 is 1.39 bits per heavy atom. The SMILES string of the molecule is Cc1cc(C(=O)NCc2cscc2C)cc(N)n1. The first kappa shape index (κ1) is 12.6. The summed E-state index contributed by atoms with van der Waals surface area (Å²) in [6, 6.07) is 3.31. The third-order valence-corrected chi connectivity index (χ3v) is 3.55. The lowest BCUT2D eigenvalue weighted by Gasteiger charge is -2.06. The van der Waals surface area contributed by atoms with Crippen molar-refractivity contribution in [3.63, 3.8) is 0 Å². The molecule has 94 valence electrons. The van der Waals surface area contributed by atoms with Crippen molar-refractivity contribution in [1.82, 2.24) is 10.3 Å². The summed E-state index contributed by atoms with van der Waals surface area (Å²) in [5.41, 5.74) is 9.26. The van der Waals surface area contributed by atoms with Crippen LogP contribution in [0, 0.1) is 13.8 Å². The van der Waals surface area contributed by atoms with Gasteiger partial charge in [-0.15, -0.1) is 0 Å². The Bertz CT molecular complexity index is 557. The number of nitrogens with one attached hydrogen (secondary N) is 1. The molecule has 0 aliphatic heterocycles. The van der Waals surface area contributed by atoms with Crippen molar-refractivity contribution in [2.24, 2.45) is 0 Å². The van der Waals surface area contributed by atoms with Crippen molar-refractivity contribution in [1.29, 1.82) is 0 Å². The number of nitrogens with zero attached hydrogens (tertiary/aromatic N) is 1. The van der Waals surface area contributed by atoms with Gasteiger partial charge in [0.2, 0.25) is 0 Å². The summed E-state index contributed by atoms with van der Waals surface area (Å²) < 4.78 is 0. The number of aryl methyl sites for hydroxylation is 2. The van der Waals surface area contributed by atoms with Gasteiger partial charge in [0.05, 0.1) is 0 Å². The molecule has 0 radical (unpaired) electrons. The lowest BCUT2D eigenvalue weighted by Crippen LogP contribution is -2.23. The number of carbonyl (C=O) groups excluding carboxylic acids is 1. The largest absolute Gasteiger partial charge is 0.384 e. The highest BCUT2D eigenvalue weighted by molar-refractivity contribution is 7.08. The Morgan fingerprint density at radius 3 is 2.78 bits per heavy atom. The summed E-state index contributed by atoms with van der Waals surface area (Å²) in [4.78, 5) is 16.0. The van der Waals surface area contributed by atoms with Gasteiger partial charge in [-0.05, 0) is 47.9 Å². The highest BCUT2D eigenvalue weighted by Crippen LogP contribution is 2.13. The van der Waals surface area contributed by atoms with E-state index in [1.54, 1.807) is 23.5 Å². The summed E-state index contributed by atoms with van der Waals surface area (Å²) >= 11 is 1.64. The molecule has 0 fully saturated rings. The van der Waals surface area contributed by atoms with Gasteiger partial charge in [0.15, 0.2) is 0 Å². The molecule has 1 amide bonds. The van der Waals surface area contributed by atoms with E-state index in [9.17, 15) is 4.79 Å². The van der Waals surface area contributed by atoms with Crippen LogP contribution < -0.4 is 11.1 Å². The molecule has 0 aliphatic rings. The molecule has 0 aromatic carbocycles. The Balaban J connectivity index is 2.06. The first-order valence-electron chi connectivity index (χ1n) is 5.60.